The third-order valence-electron chi connectivity index (χ3n) is 3.01. The van der Waals surface area contributed by atoms with Crippen LogP contribution in [0.25, 0.3) is 0 Å². The lowest BCUT2D eigenvalue weighted by Crippen LogP contribution is -2.37. The number of rotatable bonds is 7. The van der Waals surface area contributed by atoms with E-state index in [1.54, 1.807) is 0 Å². The van der Waals surface area contributed by atoms with Gasteiger partial charge < -0.3 is 15.4 Å². The highest BCUT2D eigenvalue weighted by Crippen LogP contribution is 2.16. The molecule has 0 aromatic heterocycles. The van der Waals surface area contributed by atoms with Crippen LogP contribution in [0.4, 0.5) is 0 Å². The van der Waals surface area contributed by atoms with Gasteiger partial charge in [0.2, 0.25) is 0 Å². The van der Waals surface area contributed by atoms with Crippen LogP contribution in [0.15, 0.2) is 29.3 Å². The SMILES string of the molecule is CCN(CC)C(N)=NCCCOc1ccccc1C.I. The van der Waals surface area contributed by atoms with Crippen molar-refractivity contribution in [2.24, 2.45) is 10.7 Å². The van der Waals surface area contributed by atoms with Crippen LogP contribution in [0.3, 0.4) is 0 Å². The third kappa shape index (κ3) is 6.45. The molecule has 1 aromatic rings. The highest BCUT2D eigenvalue weighted by Gasteiger charge is 2.01. The molecule has 1 rings (SSSR count). The molecule has 0 bridgehead atoms. The van der Waals surface area contributed by atoms with Crippen molar-refractivity contribution in [1.82, 2.24) is 4.90 Å². The maximum atomic E-state index is 5.89. The summed E-state index contributed by atoms with van der Waals surface area (Å²) >= 11 is 0. The van der Waals surface area contributed by atoms with E-state index in [0.717, 1.165) is 30.8 Å². The molecule has 1 aromatic carbocycles. The van der Waals surface area contributed by atoms with Crippen molar-refractivity contribution in [2.75, 3.05) is 26.2 Å². The van der Waals surface area contributed by atoms with E-state index in [2.05, 4.69) is 18.8 Å². The van der Waals surface area contributed by atoms with Crippen LogP contribution in [-0.2, 0) is 0 Å². The zero-order valence-electron chi connectivity index (χ0n) is 12.6. The molecule has 0 heterocycles. The van der Waals surface area contributed by atoms with Crippen LogP contribution in [0.2, 0.25) is 0 Å². The number of benzene rings is 1. The Labute approximate surface area is 139 Å². The molecular weight excluding hydrogens is 365 g/mol. The number of guanidine groups is 1. The Balaban J connectivity index is 0.00000361. The summed E-state index contributed by atoms with van der Waals surface area (Å²) in [7, 11) is 0. The smallest absolute Gasteiger partial charge is 0.191 e. The quantitative estimate of drug-likeness (QED) is 0.337. The van der Waals surface area contributed by atoms with E-state index in [1.165, 1.54) is 0 Å². The molecule has 0 spiro atoms. The van der Waals surface area contributed by atoms with Gasteiger partial charge in [-0.2, -0.15) is 0 Å². The van der Waals surface area contributed by atoms with E-state index in [4.69, 9.17) is 10.5 Å². The normalized spacial score (nSPS) is 10.8. The minimum atomic E-state index is 0. The molecule has 0 amide bonds. The summed E-state index contributed by atoms with van der Waals surface area (Å²) < 4.78 is 5.71. The minimum Gasteiger partial charge on any atom is -0.493 e. The van der Waals surface area contributed by atoms with Crippen LogP contribution in [-0.4, -0.2) is 37.1 Å². The maximum absolute atomic E-state index is 5.89. The summed E-state index contributed by atoms with van der Waals surface area (Å²) in [6, 6.07) is 8.03. The predicted octanol–water partition coefficient (Wildman–Crippen LogP) is 3.04. The monoisotopic (exact) mass is 391 g/mol. The fourth-order valence-electron chi connectivity index (χ4n) is 1.81. The van der Waals surface area contributed by atoms with Crippen molar-refractivity contribution in [3.8, 4) is 5.75 Å². The second-order valence-electron chi connectivity index (χ2n) is 4.38. The molecule has 0 aliphatic rings. The molecule has 5 heteroatoms. The third-order valence-corrected chi connectivity index (χ3v) is 3.01. The molecule has 114 valence electrons. The number of hydrogen-bond acceptors (Lipinski definition) is 2. The largest absolute Gasteiger partial charge is 0.493 e. The van der Waals surface area contributed by atoms with Gasteiger partial charge in [-0.05, 0) is 32.4 Å². The first-order valence-corrected chi connectivity index (χ1v) is 6.92. The van der Waals surface area contributed by atoms with E-state index in [1.807, 2.05) is 36.1 Å². The molecule has 0 aliphatic carbocycles. The summed E-state index contributed by atoms with van der Waals surface area (Å²) in [5.41, 5.74) is 7.05. The number of para-hydroxylation sites is 1. The topological polar surface area (TPSA) is 50.8 Å². The average molecular weight is 391 g/mol. The molecule has 20 heavy (non-hydrogen) atoms. The van der Waals surface area contributed by atoms with Gasteiger partial charge in [-0.1, -0.05) is 18.2 Å². The van der Waals surface area contributed by atoms with Gasteiger partial charge in [0.05, 0.1) is 6.61 Å². The van der Waals surface area contributed by atoms with Crippen molar-refractivity contribution in [3.63, 3.8) is 0 Å². The van der Waals surface area contributed by atoms with Gasteiger partial charge in [-0.3, -0.25) is 4.99 Å². The van der Waals surface area contributed by atoms with Gasteiger partial charge in [-0.15, -0.1) is 24.0 Å². The standard InChI is InChI=1S/C15H25N3O.HI/c1-4-18(5-2)15(16)17-11-8-12-19-14-10-7-6-9-13(14)3;/h6-7,9-10H,4-5,8,11-12H2,1-3H3,(H2,16,17);1H. The molecular formula is C15H26IN3O. The van der Waals surface area contributed by atoms with E-state index < -0.39 is 0 Å². The van der Waals surface area contributed by atoms with Crippen molar-refractivity contribution >= 4 is 29.9 Å². The number of hydrogen-bond donors (Lipinski definition) is 1. The summed E-state index contributed by atoms with van der Waals surface area (Å²) in [6.07, 6.45) is 0.871. The molecule has 0 aliphatic heterocycles. The molecule has 0 unspecified atom stereocenters. The van der Waals surface area contributed by atoms with E-state index >= 15 is 0 Å². The first kappa shape index (κ1) is 19.0. The number of nitrogens with zero attached hydrogens (tertiary/aromatic N) is 2. The van der Waals surface area contributed by atoms with E-state index in [9.17, 15) is 0 Å². The molecule has 0 saturated carbocycles. The molecule has 4 nitrogen and oxygen atoms in total. The molecule has 0 fully saturated rings. The Kier molecular flexibility index (Phi) is 10.2. The highest BCUT2D eigenvalue weighted by atomic mass is 127. The van der Waals surface area contributed by atoms with Crippen LogP contribution in [0.1, 0.15) is 25.8 Å². The zero-order chi connectivity index (χ0) is 14.1. The van der Waals surface area contributed by atoms with Crippen LogP contribution >= 0.6 is 24.0 Å². The second-order valence-corrected chi connectivity index (χ2v) is 4.38. The predicted molar refractivity (Wildman–Crippen MR) is 96.1 cm³/mol. The minimum absolute atomic E-state index is 0. The first-order chi connectivity index (χ1) is 9.19. The second kappa shape index (κ2) is 10.8. The van der Waals surface area contributed by atoms with Gasteiger partial charge in [0.25, 0.3) is 0 Å². The Morgan fingerprint density at radius 3 is 2.50 bits per heavy atom. The van der Waals surface area contributed by atoms with Crippen molar-refractivity contribution in [1.29, 1.82) is 0 Å². The highest BCUT2D eigenvalue weighted by molar-refractivity contribution is 14.0. The summed E-state index contributed by atoms with van der Waals surface area (Å²) in [5.74, 6) is 1.57. The summed E-state index contributed by atoms with van der Waals surface area (Å²) in [5, 5.41) is 0. The Hall–Kier alpha value is -0.980. The molecule has 0 radical (unpaired) electrons. The average Bonchev–Trinajstić information content (AvgIpc) is 2.42. The van der Waals surface area contributed by atoms with Crippen LogP contribution in [0, 0.1) is 6.92 Å². The number of aryl methyl sites for hydroxylation is 1. The summed E-state index contributed by atoms with van der Waals surface area (Å²) in [4.78, 5) is 6.40. The van der Waals surface area contributed by atoms with E-state index in [-0.39, 0.29) is 24.0 Å². The first-order valence-electron chi connectivity index (χ1n) is 6.92. The van der Waals surface area contributed by atoms with Crippen LogP contribution < -0.4 is 10.5 Å². The Morgan fingerprint density at radius 1 is 1.25 bits per heavy atom. The van der Waals surface area contributed by atoms with Crippen molar-refractivity contribution in [3.05, 3.63) is 29.8 Å². The number of ether oxygens (including phenoxy) is 1. The molecule has 2 N–H and O–H groups in total. The maximum Gasteiger partial charge on any atom is 0.191 e. The lowest BCUT2D eigenvalue weighted by atomic mass is 10.2. The zero-order valence-corrected chi connectivity index (χ0v) is 15.0. The number of halogens is 1. The number of nitrogens with two attached hydrogens (primary N) is 1. The molecule has 0 atom stereocenters. The van der Waals surface area contributed by atoms with E-state index in [0.29, 0.717) is 19.1 Å². The Morgan fingerprint density at radius 2 is 1.90 bits per heavy atom. The fourth-order valence-corrected chi connectivity index (χ4v) is 1.81. The lowest BCUT2D eigenvalue weighted by Gasteiger charge is -2.19. The van der Waals surface area contributed by atoms with Crippen LogP contribution in [0.5, 0.6) is 5.75 Å². The van der Waals surface area contributed by atoms with Gasteiger partial charge in [0.15, 0.2) is 5.96 Å². The van der Waals surface area contributed by atoms with Gasteiger partial charge >= 0.3 is 0 Å². The Bertz CT molecular complexity index is 406. The number of aliphatic imine (C=N–C) groups is 1. The van der Waals surface area contributed by atoms with Gasteiger partial charge in [0, 0.05) is 26.1 Å². The van der Waals surface area contributed by atoms with Crippen molar-refractivity contribution in [2.45, 2.75) is 27.2 Å². The fraction of sp³-hybridized carbons (Fsp3) is 0.533. The van der Waals surface area contributed by atoms with Gasteiger partial charge in [0.1, 0.15) is 5.75 Å². The molecule has 0 saturated heterocycles. The van der Waals surface area contributed by atoms with Gasteiger partial charge in [-0.25, -0.2) is 0 Å². The van der Waals surface area contributed by atoms with Crippen molar-refractivity contribution < 1.29 is 4.74 Å². The summed E-state index contributed by atoms with van der Waals surface area (Å²) in [6.45, 7) is 9.36. The lowest BCUT2D eigenvalue weighted by molar-refractivity contribution is 0.311.